The number of nitrogens with zero attached hydrogens (tertiary/aromatic N) is 1. The Bertz CT molecular complexity index is 359. The molecule has 1 aromatic rings. The molecule has 1 aromatic carbocycles. The normalized spacial score (nSPS) is 20.3. The van der Waals surface area contributed by atoms with Crippen LogP contribution in [0, 0.1) is 5.41 Å². The zero-order valence-corrected chi connectivity index (χ0v) is 9.16. The van der Waals surface area contributed by atoms with E-state index in [0.29, 0.717) is 0 Å². The van der Waals surface area contributed by atoms with Crippen molar-refractivity contribution in [1.29, 1.82) is 0 Å². The lowest BCUT2D eigenvalue weighted by atomic mass is 9.94. The van der Waals surface area contributed by atoms with E-state index in [1.807, 2.05) is 37.1 Å². The molecule has 1 N–H and O–H groups in total. The number of nitrogens with one attached hydrogen (secondary N) is 1. The van der Waals surface area contributed by atoms with Gasteiger partial charge in [-0.15, -0.1) is 0 Å². The Balaban J connectivity index is 2.02. The number of carbonyl (C=O) groups excluding carboxylic acids is 1. The van der Waals surface area contributed by atoms with Crippen LogP contribution in [0.5, 0.6) is 0 Å². The Morgan fingerprint density at radius 3 is 2.53 bits per heavy atom. The van der Waals surface area contributed by atoms with Crippen molar-refractivity contribution < 1.29 is 4.79 Å². The highest BCUT2D eigenvalue weighted by Crippen LogP contribution is 2.23. The van der Waals surface area contributed by atoms with Crippen molar-refractivity contribution in [2.45, 2.75) is 20.4 Å². The van der Waals surface area contributed by atoms with Gasteiger partial charge in [-0.3, -0.25) is 10.2 Å². The quantitative estimate of drug-likeness (QED) is 0.793. The summed E-state index contributed by atoms with van der Waals surface area (Å²) < 4.78 is 0. The van der Waals surface area contributed by atoms with E-state index in [0.717, 1.165) is 13.1 Å². The fraction of sp³-hybridized carbons (Fsp3) is 0.417. The predicted octanol–water partition coefficient (Wildman–Crippen LogP) is 1.56. The molecule has 1 heterocycles. The molecule has 0 unspecified atom stereocenters. The van der Waals surface area contributed by atoms with Crippen molar-refractivity contribution in [3.05, 3.63) is 35.9 Å². The highest BCUT2D eigenvalue weighted by Gasteiger charge is 2.37. The number of hydrogen-bond donors (Lipinski definition) is 1. The van der Waals surface area contributed by atoms with Gasteiger partial charge >= 0.3 is 0 Å². The predicted molar refractivity (Wildman–Crippen MR) is 58.8 cm³/mol. The van der Waals surface area contributed by atoms with Gasteiger partial charge in [-0.05, 0) is 19.4 Å². The van der Waals surface area contributed by atoms with Crippen molar-refractivity contribution in [3.8, 4) is 0 Å². The second-order valence-electron chi connectivity index (χ2n) is 4.67. The first-order valence-corrected chi connectivity index (χ1v) is 5.18. The second kappa shape index (κ2) is 3.66. The average Bonchev–Trinajstić information content (AvgIpc) is 2.42. The van der Waals surface area contributed by atoms with Gasteiger partial charge in [-0.2, -0.15) is 0 Å². The van der Waals surface area contributed by atoms with E-state index in [-0.39, 0.29) is 11.3 Å². The largest absolute Gasteiger partial charge is 0.288 e. The average molecular weight is 204 g/mol. The minimum Gasteiger partial charge on any atom is -0.288 e. The Hall–Kier alpha value is -1.35. The molecule has 1 saturated heterocycles. The van der Waals surface area contributed by atoms with Gasteiger partial charge in [0, 0.05) is 13.1 Å². The molecule has 1 fully saturated rings. The molecule has 3 nitrogen and oxygen atoms in total. The number of rotatable bonds is 2. The van der Waals surface area contributed by atoms with Crippen LogP contribution in [0.4, 0.5) is 0 Å². The van der Waals surface area contributed by atoms with Crippen molar-refractivity contribution >= 4 is 5.91 Å². The monoisotopic (exact) mass is 204 g/mol. The van der Waals surface area contributed by atoms with Crippen LogP contribution < -0.4 is 5.43 Å². The smallest absolute Gasteiger partial charge is 0.241 e. The lowest BCUT2D eigenvalue weighted by Crippen LogP contribution is -2.32. The molecule has 0 aromatic heterocycles. The molecule has 0 atom stereocenters. The van der Waals surface area contributed by atoms with Crippen LogP contribution in [0.2, 0.25) is 0 Å². The topological polar surface area (TPSA) is 32.3 Å². The highest BCUT2D eigenvalue weighted by atomic mass is 16.2. The van der Waals surface area contributed by atoms with Gasteiger partial charge in [-0.25, -0.2) is 5.01 Å². The molecule has 15 heavy (non-hydrogen) atoms. The summed E-state index contributed by atoms with van der Waals surface area (Å²) in [5.41, 5.74) is 3.84. The molecular weight excluding hydrogens is 188 g/mol. The summed E-state index contributed by atoms with van der Waals surface area (Å²) in [7, 11) is 0. The molecule has 1 aliphatic rings. The maximum atomic E-state index is 11.5. The van der Waals surface area contributed by atoms with Crippen molar-refractivity contribution in [2.75, 3.05) is 6.54 Å². The van der Waals surface area contributed by atoms with Crippen LogP contribution in [-0.2, 0) is 11.3 Å². The number of amides is 1. The fourth-order valence-corrected chi connectivity index (χ4v) is 1.78. The lowest BCUT2D eigenvalue weighted by molar-refractivity contribution is -0.126. The highest BCUT2D eigenvalue weighted by molar-refractivity contribution is 5.83. The van der Waals surface area contributed by atoms with Gasteiger partial charge < -0.3 is 0 Å². The molecular formula is C12H16N2O. The van der Waals surface area contributed by atoms with Crippen molar-refractivity contribution in [2.24, 2.45) is 5.41 Å². The molecule has 80 valence electrons. The van der Waals surface area contributed by atoms with Gasteiger partial charge in [0.05, 0.1) is 5.41 Å². The second-order valence-corrected chi connectivity index (χ2v) is 4.67. The summed E-state index contributed by atoms with van der Waals surface area (Å²) in [5, 5.41) is 1.97. The van der Waals surface area contributed by atoms with Gasteiger partial charge in [-0.1, -0.05) is 30.3 Å². The standard InChI is InChI=1S/C12H16N2O/c1-12(2)9-14(13-11(12)15)8-10-6-4-3-5-7-10/h3-7H,8-9H2,1-2H3,(H,13,15). The van der Waals surface area contributed by atoms with E-state index in [2.05, 4.69) is 17.6 Å². The zero-order valence-electron chi connectivity index (χ0n) is 9.16. The molecule has 0 radical (unpaired) electrons. The minimum absolute atomic E-state index is 0.110. The molecule has 0 saturated carbocycles. The van der Waals surface area contributed by atoms with Crippen molar-refractivity contribution in [1.82, 2.24) is 10.4 Å². The number of hydrogen-bond acceptors (Lipinski definition) is 2. The van der Waals surface area contributed by atoms with E-state index in [1.165, 1.54) is 5.56 Å². The summed E-state index contributed by atoms with van der Waals surface area (Å²) in [6.07, 6.45) is 0. The van der Waals surface area contributed by atoms with Gasteiger partial charge in [0.25, 0.3) is 0 Å². The molecule has 2 rings (SSSR count). The summed E-state index contributed by atoms with van der Waals surface area (Å²) in [4.78, 5) is 11.5. The Morgan fingerprint density at radius 2 is 2.00 bits per heavy atom. The van der Waals surface area contributed by atoms with E-state index < -0.39 is 0 Å². The molecule has 0 bridgehead atoms. The van der Waals surface area contributed by atoms with Gasteiger partial charge in [0.2, 0.25) is 5.91 Å². The maximum Gasteiger partial charge on any atom is 0.241 e. The SMILES string of the molecule is CC1(C)CN(Cc2ccccc2)NC1=O. The summed E-state index contributed by atoms with van der Waals surface area (Å²) in [6.45, 7) is 5.47. The maximum absolute atomic E-state index is 11.5. The third-order valence-electron chi connectivity index (χ3n) is 2.68. The Kier molecular flexibility index (Phi) is 2.49. The van der Waals surface area contributed by atoms with E-state index in [4.69, 9.17) is 0 Å². The summed E-state index contributed by atoms with van der Waals surface area (Å²) in [6, 6.07) is 10.2. The molecule has 0 aliphatic carbocycles. The molecule has 1 aliphatic heterocycles. The number of hydrazine groups is 1. The number of carbonyl (C=O) groups is 1. The van der Waals surface area contributed by atoms with E-state index >= 15 is 0 Å². The Labute approximate surface area is 90.1 Å². The van der Waals surface area contributed by atoms with Crippen LogP contribution in [0.3, 0.4) is 0 Å². The molecule has 1 amide bonds. The first-order chi connectivity index (χ1) is 7.08. The van der Waals surface area contributed by atoms with E-state index in [9.17, 15) is 4.79 Å². The lowest BCUT2D eigenvalue weighted by Gasteiger charge is -2.16. The minimum atomic E-state index is -0.269. The van der Waals surface area contributed by atoms with Gasteiger partial charge in [0.15, 0.2) is 0 Å². The molecule has 3 heteroatoms. The van der Waals surface area contributed by atoms with Crippen LogP contribution in [0.25, 0.3) is 0 Å². The number of benzene rings is 1. The Morgan fingerprint density at radius 1 is 1.33 bits per heavy atom. The summed E-state index contributed by atoms with van der Waals surface area (Å²) in [5.74, 6) is 0.110. The fourth-order valence-electron chi connectivity index (χ4n) is 1.78. The van der Waals surface area contributed by atoms with Crippen LogP contribution >= 0.6 is 0 Å². The molecule has 0 spiro atoms. The zero-order chi connectivity index (χ0) is 10.9. The van der Waals surface area contributed by atoms with E-state index in [1.54, 1.807) is 0 Å². The van der Waals surface area contributed by atoms with Crippen LogP contribution in [-0.4, -0.2) is 17.5 Å². The first-order valence-electron chi connectivity index (χ1n) is 5.18. The van der Waals surface area contributed by atoms with Gasteiger partial charge in [0.1, 0.15) is 0 Å². The summed E-state index contributed by atoms with van der Waals surface area (Å²) >= 11 is 0. The van der Waals surface area contributed by atoms with Crippen molar-refractivity contribution in [3.63, 3.8) is 0 Å². The first kappa shape index (κ1) is 10.2. The van der Waals surface area contributed by atoms with Crippen LogP contribution in [0.1, 0.15) is 19.4 Å². The van der Waals surface area contributed by atoms with Crippen LogP contribution in [0.15, 0.2) is 30.3 Å². The third-order valence-corrected chi connectivity index (χ3v) is 2.68. The third kappa shape index (κ3) is 2.18.